The second kappa shape index (κ2) is 7.92. The molecule has 1 aromatic carbocycles. The number of pyridine rings is 1. The molecule has 0 aliphatic rings. The predicted molar refractivity (Wildman–Crippen MR) is 95.7 cm³/mol. The van der Waals surface area contributed by atoms with Crippen LogP contribution in [0, 0.1) is 0 Å². The van der Waals surface area contributed by atoms with Crippen molar-refractivity contribution in [2.45, 2.75) is 19.8 Å². The Morgan fingerprint density at radius 2 is 1.92 bits per heavy atom. The van der Waals surface area contributed by atoms with Crippen molar-refractivity contribution >= 4 is 38.4 Å². The first-order chi connectivity index (χ1) is 11.3. The molecule has 1 heterocycles. The van der Waals surface area contributed by atoms with E-state index in [4.69, 9.17) is 11.6 Å². The monoisotopic (exact) mass is 369 g/mol. The number of hydrogen-bond acceptors (Lipinski definition) is 4. The number of carbonyl (C=O) groups excluding carboxylic acids is 1. The van der Waals surface area contributed by atoms with Crippen LogP contribution in [-0.4, -0.2) is 38.7 Å². The number of hydrogen-bond donors (Lipinski definition) is 2. The Kier molecular flexibility index (Phi) is 6.15. The molecule has 1 amide bonds. The summed E-state index contributed by atoms with van der Waals surface area (Å²) in [6.07, 6.45) is 4.00. The Balaban J connectivity index is 2.27. The van der Waals surface area contributed by atoms with Crippen LogP contribution in [-0.2, 0) is 27.7 Å². The first-order valence-corrected chi connectivity index (χ1v) is 9.78. The highest BCUT2D eigenvalue weighted by atomic mass is 35.5. The summed E-state index contributed by atoms with van der Waals surface area (Å²) in [5.41, 5.74) is 2.72. The fourth-order valence-corrected chi connectivity index (χ4v) is 3.21. The molecular weight excluding hydrogens is 350 g/mol. The highest BCUT2D eigenvalue weighted by Crippen LogP contribution is 2.26. The van der Waals surface area contributed by atoms with Gasteiger partial charge in [0.05, 0.1) is 11.8 Å². The molecule has 2 N–H and O–H groups in total. The minimum atomic E-state index is -3.23. The van der Waals surface area contributed by atoms with Crippen molar-refractivity contribution in [2.24, 2.45) is 0 Å². The molecular formula is C16H20ClN3O3S. The SMILES string of the molecule is CC(=O)NCCc1ccnc2c(CCNS(C)(=O)=O)cc(Cl)cc12. The summed E-state index contributed by atoms with van der Waals surface area (Å²) in [5, 5.41) is 4.27. The summed E-state index contributed by atoms with van der Waals surface area (Å²) in [6.45, 7) is 2.30. The van der Waals surface area contributed by atoms with Gasteiger partial charge in [-0.3, -0.25) is 9.78 Å². The molecule has 0 aliphatic heterocycles. The third kappa shape index (κ3) is 5.43. The molecule has 0 bridgehead atoms. The molecule has 0 saturated heterocycles. The Morgan fingerprint density at radius 1 is 1.21 bits per heavy atom. The number of amides is 1. The van der Waals surface area contributed by atoms with Gasteiger partial charge in [0.15, 0.2) is 0 Å². The van der Waals surface area contributed by atoms with E-state index in [0.717, 1.165) is 28.3 Å². The predicted octanol–water partition coefficient (Wildman–Crippen LogP) is 1.66. The highest BCUT2D eigenvalue weighted by molar-refractivity contribution is 7.88. The number of benzene rings is 1. The molecule has 2 aromatic rings. The van der Waals surface area contributed by atoms with Gasteiger partial charge >= 0.3 is 0 Å². The van der Waals surface area contributed by atoms with Crippen molar-refractivity contribution in [3.05, 3.63) is 40.5 Å². The van der Waals surface area contributed by atoms with E-state index >= 15 is 0 Å². The molecule has 0 radical (unpaired) electrons. The molecule has 0 spiro atoms. The molecule has 24 heavy (non-hydrogen) atoms. The molecule has 6 nitrogen and oxygen atoms in total. The van der Waals surface area contributed by atoms with Gasteiger partial charge in [0.25, 0.3) is 0 Å². The molecule has 0 aliphatic carbocycles. The minimum absolute atomic E-state index is 0.0704. The number of halogens is 1. The van der Waals surface area contributed by atoms with Crippen molar-refractivity contribution < 1.29 is 13.2 Å². The van der Waals surface area contributed by atoms with Gasteiger partial charge in [-0.25, -0.2) is 13.1 Å². The molecule has 0 atom stereocenters. The normalized spacial score (nSPS) is 11.6. The van der Waals surface area contributed by atoms with Crippen LogP contribution < -0.4 is 10.0 Å². The summed E-state index contributed by atoms with van der Waals surface area (Å²) >= 11 is 6.21. The van der Waals surface area contributed by atoms with E-state index in [2.05, 4.69) is 15.0 Å². The molecule has 1 aromatic heterocycles. The molecule has 2 rings (SSSR count). The maximum Gasteiger partial charge on any atom is 0.216 e. The van der Waals surface area contributed by atoms with Gasteiger partial charge in [-0.05, 0) is 42.2 Å². The van der Waals surface area contributed by atoms with Crippen molar-refractivity contribution in [1.82, 2.24) is 15.0 Å². The van der Waals surface area contributed by atoms with Crippen LogP contribution in [0.15, 0.2) is 24.4 Å². The van der Waals surface area contributed by atoms with Crippen molar-refractivity contribution in [3.8, 4) is 0 Å². The lowest BCUT2D eigenvalue weighted by Crippen LogP contribution is -2.24. The van der Waals surface area contributed by atoms with Gasteiger partial charge in [0.2, 0.25) is 15.9 Å². The van der Waals surface area contributed by atoms with E-state index in [-0.39, 0.29) is 12.5 Å². The Morgan fingerprint density at radius 3 is 2.58 bits per heavy atom. The van der Waals surface area contributed by atoms with Gasteiger partial charge in [-0.2, -0.15) is 0 Å². The van der Waals surface area contributed by atoms with Gasteiger partial charge in [-0.15, -0.1) is 0 Å². The van der Waals surface area contributed by atoms with Crippen molar-refractivity contribution in [3.63, 3.8) is 0 Å². The topological polar surface area (TPSA) is 88.2 Å². The Hall–Kier alpha value is -1.70. The lowest BCUT2D eigenvalue weighted by atomic mass is 10.0. The quantitative estimate of drug-likeness (QED) is 0.776. The van der Waals surface area contributed by atoms with Gasteiger partial charge in [-0.1, -0.05) is 11.6 Å². The number of rotatable bonds is 7. The van der Waals surface area contributed by atoms with E-state index in [1.165, 1.54) is 6.92 Å². The summed E-state index contributed by atoms with van der Waals surface area (Å²) in [5.74, 6) is -0.0704. The standard InChI is InChI=1S/C16H20ClN3O3S/c1-11(21)18-6-3-12-4-7-19-16-13(5-8-20-24(2,22)23)9-14(17)10-15(12)16/h4,7,9-10,20H,3,5-6,8H2,1-2H3,(H,18,21). The largest absolute Gasteiger partial charge is 0.356 e. The highest BCUT2D eigenvalue weighted by Gasteiger charge is 2.10. The summed E-state index contributed by atoms with van der Waals surface area (Å²) in [7, 11) is -3.23. The maximum atomic E-state index is 11.2. The number of fused-ring (bicyclic) bond motifs is 1. The van der Waals surface area contributed by atoms with E-state index < -0.39 is 10.0 Å². The zero-order valence-electron chi connectivity index (χ0n) is 13.6. The van der Waals surface area contributed by atoms with Crippen LogP contribution in [0.4, 0.5) is 0 Å². The average Bonchev–Trinajstić information content (AvgIpc) is 2.46. The van der Waals surface area contributed by atoms with E-state index in [1.807, 2.05) is 12.1 Å². The van der Waals surface area contributed by atoms with E-state index in [0.29, 0.717) is 24.4 Å². The lowest BCUT2D eigenvalue weighted by molar-refractivity contribution is -0.118. The first kappa shape index (κ1) is 18.6. The van der Waals surface area contributed by atoms with Crippen LogP contribution in [0.2, 0.25) is 5.02 Å². The van der Waals surface area contributed by atoms with Crippen LogP contribution >= 0.6 is 11.6 Å². The van der Waals surface area contributed by atoms with Crippen LogP contribution in [0.25, 0.3) is 10.9 Å². The average molecular weight is 370 g/mol. The second-order valence-electron chi connectivity index (χ2n) is 5.58. The first-order valence-electron chi connectivity index (χ1n) is 7.51. The fourth-order valence-electron chi connectivity index (χ4n) is 2.50. The smallest absolute Gasteiger partial charge is 0.216 e. The summed E-state index contributed by atoms with van der Waals surface area (Å²) < 4.78 is 24.9. The zero-order chi connectivity index (χ0) is 17.7. The Bertz CT molecular complexity index is 853. The number of aromatic nitrogens is 1. The van der Waals surface area contributed by atoms with Gasteiger partial charge in [0.1, 0.15) is 0 Å². The minimum Gasteiger partial charge on any atom is -0.356 e. The lowest BCUT2D eigenvalue weighted by Gasteiger charge is -2.11. The molecule has 0 fully saturated rings. The third-order valence-corrected chi connectivity index (χ3v) is 4.45. The third-order valence-electron chi connectivity index (χ3n) is 3.51. The number of nitrogens with zero attached hydrogens (tertiary/aromatic N) is 1. The summed E-state index contributed by atoms with van der Waals surface area (Å²) in [4.78, 5) is 15.4. The van der Waals surface area contributed by atoms with Crippen LogP contribution in [0.1, 0.15) is 18.1 Å². The summed E-state index contributed by atoms with van der Waals surface area (Å²) in [6, 6.07) is 5.55. The van der Waals surface area contributed by atoms with E-state index in [1.54, 1.807) is 12.3 Å². The van der Waals surface area contributed by atoms with Crippen molar-refractivity contribution in [1.29, 1.82) is 0 Å². The van der Waals surface area contributed by atoms with Crippen LogP contribution in [0.3, 0.4) is 0 Å². The second-order valence-corrected chi connectivity index (χ2v) is 7.85. The van der Waals surface area contributed by atoms with Crippen molar-refractivity contribution in [2.75, 3.05) is 19.3 Å². The maximum absolute atomic E-state index is 11.2. The van der Waals surface area contributed by atoms with E-state index in [9.17, 15) is 13.2 Å². The molecule has 130 valence electrons. The molecule has 0 unspecified atom stereocenters. The Labute approximate surface area is 146 Å². The number of carbonyl (C=O) groups is 1. The number of sulfonamides is 1. The van der Waals surface area contributed by atoms with Gasteiger partial charge in [0, 0.05) is 36.6 Å². The number of nitrogens with one attached hydrogen (secondary N) is 2. The van der Waals surface area contributed by atoms with Gasteiger partial charge < -0.3 is 5.32 Å². The molecule has 8 heteroatoms. The van der Waals surface area contributed by atoms with Crippen LogP contribution in [0.5, 0.6) is 0 Å². The zero-order valence-corrected chi connectivity index (χ0v) is 15.2. The molecule has 0 saturated carbocycles. The fraction of sp³-hybridized carbons (Fsp3) is 0.375.